The zero-order chi connectivity index (χ0) is 34.8. The normalized spacial score (nSPS) is 20.9. The quantitative estimate of drug-likeness (QED) is 0.187. The summed E-state index contributed by atoms with van der Waals surface area (Å²) in [5, 5.41) is 37.3. The van der Waals surface area contributed by atoms with Crippen LogP contribution in [0.15, 0.2) is 54.7 Å². The van der Waals surface area contributed by atoms with E-state index in [4.69, 9.17) is 46.1 Å². The molecule has 6 N–H and O–H groups in total. The van der Waals surface area contributed by atoms with Gasteiger partial charge in [0.25, 0.3) is 5.79 Å². The van der Waals surface area contributed by atoms with E-state index in [9.17, 15) is 9.90 Å². The Kier molecular flexibility index (Phi) is 10.4. The summed E-state index contributed by atoms with van der Waals surface area (Å²) in [7, 11) is 0. The molecule has 2 saturated heterocycles. The van der Waals surface area contributed by atoms with Gasteiger partial charge in [0.2, 0.25) is 0 Å². The van der Waals surface area contributed by atoms with Gasteiger partial charge in [-0.05, 0) is 74.2 Å². The van der Waals surface area contributed by atoms with Crippen LogP contribution in [0.25, 0.3) is 11.0 Å². The highest BCUT2D eigenvalue weighted by Gasteiger charge is 2.42. The van der Waals surface area contributed by atoms with Crippen molar-refractivity contribution in [1.82, 2.24) is 19.4 Å². The van der Waals surface area contributed by atoms with Crippen molar-refractivity contribution in [2.45, 2.75) is 62.6 Å². The number of hydrogen-bond donors (Lipinski definition) is 4. The van der Waals surface area contributed by atoms with Gasteiger partial charge in [0.1, 0.15) is 31.3 Å². The van der Waals surface area contributed by atoms with Gasteiger partial charge in [-0.3, -0.25) is 9.88 Å². The third kappa shape index (κ3) is 7.53. The molecular formula is C35H42ClN5O8. The number of aromatic nitrogens is 3. The van der Waals surface area contributed by atoms with Crippen molar-refractivity contribution in [3.05, 3.63) is 82.4 Å². The molecule has 0 saturated carbocycles. The van der Waals surface area contributed by atoms with Crippen LogP contribution in [0.5, 0.6) is 11.5 Å². The molecular weight excluding hydrogens is 654 g/mol. The van der Waals surface area contributed by atoms with E-state index >= 15 is 0 Å². The van der Waals surface area contributed by atoms with E-state index in [1.807, 2.05) is 25.1 Å². The molecule has 0 aliphatic carbocycles. The van der Waals surface area contributed by atoms with E-state index in [1.165, 1.54) is 0 Å². The number of benzene rings is 2. The zero-order valence-corrected chi connectivity index (χ0v) is 28.1. The van der Waals surface area contributed by atoms with Gasteiger partial charge in [0, 0.05) is 25.3 Å². The summed E-state index contributed by atoms with van der Waals surface area (Å²) in [6, 6.07) is 14.7. The van der Waals surface area contributed by atoms with Crippen LogP contribution < -0.4 is 20.3 Å². The molecule has 2 aromatic heterocycles. The number of carboxylic acids is 1. The molecule has 262 valence electrons. The number of carbonyl (C=O) groups excluding carboxylic acids is 1. The Morgan fingerprint density at radius 3 is 2.41 bits per heavy atom. The fourth-order valence-electron chi connectivity index (χ4n) is 6.23. The van der Waals surface area contributed by atoms with Crippen LogP contribution in [0.4, 0.5) is 0 Å². The lowest BCUT2D eigenvalue weighted by atomic mass is 9.88. The number of halogens is 1. The first-order chi connectivity index (χ1) is 23.5. The minimum Gasteiger partial charge on any atom is -0.545 e. The fraction of sp³-hybridized carbons (Fsp3) is 0.457. The van der Waals surface area contributed by atoms with Crippen molar-refractivity contribution in [3.63, 3.8) is 0 Å². The second-order valence-electron chi connectivity index (χ2n) is 13.1. The number of pyridine rings is 1. The highest BCUT2D eigenvalue weighted by molar-refractivity contribution is 6.30. The van der Waals surface area contributed by atoms with Crippen molar-refractivity contribution >= 4 is 28.6 Å². The predicted molar refractivity (Wildman–Crippen MR) is 177 cm³/mol. The SMILES string of the molecule is CC1(c2ccc(Cl)cn2)Oc2cccc(C3CCN(Cc4nc5ccc(C(=O)[O-])cc5n4C[C@@H]4CCO4)CC3)c2O1.[NH3+]C(CO)(CO)CO. The van der Waals surface area contributed by atoms with Gasteiger partial charge in [0.05, 0.1) is 41.2 Å². The lowest BCUT2D eigenvalue weighted by Crippen LogP contribution is -2.78. The third-order valence-electron chi connectivity index (χ3n) is 9.44. The first-order valence-electron chi connectivity index (χ1n) is 16.4. The van der Waals surface area contributed by atoms with Crippen LogP contribution in [0.3, 0.4) is 0 Å². The second kappa shape index (κ2) is 14.6. The zero-order valence-electron chi connectivity index (χ0n) is 27.4. The van der Waals surface area contributed by atoms with Gasteiger partial charge in [-0.25, -0.2) is 4.98 Å². The molecule has 2 aromatic carbocycles. The molecule has 4 aromatic rings. The average Bonchev–Trinajstić information content (AvgIpc) is 3.63. The number of fused-ring (bicyclic) bond motifs is 2. The molecule has 14 heteroatoms. The smallest absolute Gasteiger partial charge is 0.292 e. The van der Waals surface area contributed by atoms with E-state index in [-0.39, 0.29) is 31.5 Å². The van der Waals surface area contributed by atoms with Gasteiger partial charge in [-0.2, -0.15) is 0 Å². The van der Waals surface area contributed by atoms with Crippen molar-refractivity contribution < 1.29 is 45.2 Å². The fourth-order valence-corrected chi connectivity index (χ4v) is 6.34. The number of para-hydroxylation sites is 1. The first-order valence-corrected chi connectivity index (χ1v) is 16.8. The molecule has 0 amide bonds. The lowest BCUT2D eigenvalue weighted by molar-refractivity contribution is -0.494. The Morgan fingerprint density at radius 2 is 1.82 bits per heavy atom. The number of likely N-dealkylation sites (tertiary alicyclic amines) is 1. The van der Waals surface area contributed by atoms with E-state index in [2.05, 4.69) is 26.3 Å². The van der Waals surface area contributed by atoms with Gasteiger partial charge in [-0.15, -0.1) is 0 Å². The number of quaternary nitrogens is 1. The number of carboxylic acid groups (broad SMARTS) is 1. The van der Waals surface area contributed by atoms with Crippen molar-refractivity contribution in [2.75, 3.05) is 39.5 Å². The van der Waals surface area contributed by atoms with Crippen LogP contribution in [0.2, 0.25) is 5.02 Å². The topological polar surface area (TPSA) is 190 Å². The average molecular weight is 696 g/mol. The molecule has 0 spiro atoms. The number of aliphatic hydroxyl groups excluding tert-OH is 3. The van der Waals surface area contributed by atoms with E-state index in [0.29, 0.717) is 29.7 Å². The van der Waals surface area contributed by atoms with Crippen LogP contribution in [0, 0.1) is 0 Å². The molecule has 1 unspecified atom stereocenters. The Bertz CT molecular complexity index is 1760. The molecule has 2 fully saturated rings. The van der Waals surface area contributed by atoms with Gasteiger partial charge >= 0.3 is 0 Å². The predicted octanol–water partition coefficient (Wildman–Crippen LogP) is 1.20. The monoisotopic (exact) mass is 695 g/mol. The summed E-state index contributed by atoms with van der Waals surface area (Å²) in [4.78, 5) is 23.3. The second-order valence-corrected chi connectivity index (χ2v) is 13.6. The van der Waals surface area contributed by atoms with Gasteiger partial charge < -0.3 is 49.7 Å². The van der Waals surface area contributed by atoms with E-state index < -0.39 is 17.3 Å². The Morgan fingerprint density at radius 1 is 1.08 bits per heavy atom. The number of hydrogen-bond acceptors (Lipinski definition) is 11. The molecule has 3 aliphatic heterocycles. The number of nitrogens with zero attached hydrogens (tertiary/aromatic N) is 4. The molecule has 7 rings (SSSR count). The molecule has 0 bridgehead atoms. The number of imidazole rings is 1. The summed E-state index contributed by atoms with van der Waals surface area (Å²) < 4.78 is 20.5. The summed E-state index contributed by atoms with van der Waals surface area (Å²) in [6.45, 7) is 4.91. The van der Waals surface area contributed by atoms with E-state index in [1.54, 1.807) is 30.5 Å². The minimum absolute atomic E-state index is 0.125. The highest BCUT2D eigenvalue weighted by atomic mass is 35.5. The van der Waals surface area contributed by atoms with Crippen LogP contribution >= 0.6 is 11.6 Å². The Balaban J connectivity index is 0.000000466. The summed E-state index contributed by atoms with van der Waals surface area (Å²) in [6.07, 6.45) is 4.65. The number of aliphatic hydroxyl groups is 3. The van der Waals surface area contributed by atoms with Gasteiger partial charge in [-0.1, -0.05) is 29.8 Å². The Hall–Kier alpha value is -3.82. The number of ether oxygens (including phenoxy) is 3. The lowest BCUT2D eigenvalue weighted by Gasteiger charge is -2.33. The van der Waals surface area contributed by atoms with Crippen molar-refractivity contribution in [3.8, 4) is 11.5 Å². The largest absolute Gasteiger partial charge is 0.545 e. The number of carbonyl (C=O) groups is 1. The summed E-state index contributed by atoms with van der Waals surface area (Å²) >= 11 is 6.04. The number of piperidine rings is 1. The van der Waals surface area contributed by atoms with Crippen LogP contribution in [0.1, 0.15) is 59.5 Å². The number of rotatable bonds is 10. The standard InChI is InChI=1S/C31H31ClN4O5.C4H11NO3/c1-31(27-8-6-21(32)16-33-27)40-26-4-2-3-23(29(26)41-31)19-9-12-35(13-10-19)18-28-34-24-7-5-20(30(37)38)15-25(24)36(28)17-22-11-14-39-22;5-4(1-6,2-7)3-8/h2-8,15-16,19,22H,9-14,17-18H2,1H3,(H,37,38);6-8H,1-3,5H2/t22-,31?;/m0./s1. The third-order valence-corrected chi connectivity index (χ3v) is 9.67. The molecule has 49 heavy (non-hydrogen) atoms. The molecule has 0 radical (unpaired) electrons. The highest BCUT2D eigenvalue weighted by Crippen LogP contribution is 2.49. The van der Waals surface area contributed by atoms with Crippen molar-refractivity contribution in [2.24, 2.45) is 0 Å². The molecule has 13 nitrogen and oxygen atoms in total. The van der Waals surface area contributed by atoms with Crippen molar-refractivity contribution in [1.29, 1.82) is 0 Å². The molecule has 5 heterocycles. The maximum atomic E-state index is 11.5. The van der Waals surface area contributed by atoms with Crippen LogP contribution in [-0.4, -0.2) is 91.9 Å². The Labute approximate surface area is 288 Å². The van der Waals surface area contributed by atoms with E-state index in [0.717, 1.165) is 72.9 Å². The summed E-state index contributed by atoms with van der Waals surface area (Å²) in [5.41, 5.74) is 5.99. The maximum Gasteiger partial charge on any atom is 0.292 e. The maximum absolute atomic E-state index is 11.5. The van der Waals surface area contributed by atoms with Crippen LogP contribution in [-0.2, 0) is 23.6 Å². The number of aromatic carboxylic acids is 1. The van der Waals surface area contributed by atoms with Gasteiger partial charge in [0.15, 0.2) is 17.0 Å². The molecule has 2 atom stereocenters. The summed E-state index contributed by atoms with van der Waals surface area (Å²) in [5.74, 6) is 0.577. The first kappa shape index (κ1) is 35.0. The molecule has 3 aliphatic rings. The minimum atomic E-state index is -1.19.